The Labute approximate surface area is 255 Å². The summed E-state index contributed by atoms with van der Waals surface area (Å²) >= 11 is 0. The van der Waals surface area contributed by atoms with Crippen molar-refractivity contribution in [2.45, 2.75) is 64.0 Å². The highest BCUT2D eigenvalue weighted by Crippen LogP contribution is 2.42. The lowest BCUT2D eigenvalue weighted by atomic mass is 9.85. The molecule has 8 nitrogen and oxygen atoms in total. The van der Waals surface area contributed by atoms with Crippen LogP contribution in [0.5, 0.6) is 0 Å². The van der Waals surface area contributed by atoms with E-state index in [1.807, 2.05) is 36.4 Å². The summed E-state index contributed by atoms with van der Waals surface area (Å²) in [6, 6.07) is 17.3. The van der Waals surface area contributed by atoms with Gasteiger partial charge in [0, 0.05) is 57.8 Å². The SMILES string of the molecule is CCN(C(=NCc1ccccc1)NC#N)C1CCN(C[C@H]2CN(CC3(C(=O)O)CCCC3)C[C@@H]2c2cccc(F)c2)CC1. The molecule has 2 aromatic carbocycles. The van der Waals surface area contributed by atoms with E-state index in [1.165, 1.54) is 6.07 Å². The molecule has 0 aromatic heterocycles. The van der Waals surface area contributed by atoms with Gasteiger partial charge in [0.05, 0.1) is 12.0 Å². The quantitative estimate of drug-likeness (QED) is 0.176. The first kappa shape index (κ1) is 31.0. The van der Waals surface area contributed by atoms with Crippen molar-refractivity contribution in [3.63, 3.8) is 0 Å². The van der Waals surface area contributed by atoms with Gasteiger partial charge in [0.25, 0.3) is 0 Å². The number of nitriles is 1. The number of hydrogen-bond donors (Lipinski definition) is 2. The molecule has 0 amide bonds. The van der Waals surface area contributed by atoms with Gasteiger partial charge < -0.3 is 19.8 Å². The van der Waals surface area contributed by atoms with Gasteiger partial charge in [-0.3, -0.25) is 10.1 Å². The number of halogens is 1. The zero-order valence-corrected chi connectivity index (χ0v) is 25.3. The minimum Gasteiger partial charge on any atom is -0.481 e. The van der Waals surface area contributed by atoms with Gasteiger partial charge >= 0.3 is 5.97 Å². The third-order valence-corrected chi connectivity index (χ3v) is 9.86. The Bertz CT molecular complexity index is 1280. The Morgan fingerprint density at radius 2 is 1.86 bits per heavy atom. The Morgan fingerprint density at radius 3 is 2.51 bits per heavy atom. The van der Waals surface area contributed by atoms with Crippen molar-refractivity contribution in [1.82, 2.24) is 20.0 Å². The third-order valence-electron chi connectivity index (χ3n) is 9.86. The van der Waals surface area contributed by atoms with Gasteiger partial charge in [0.2, 0.25) is 5.96 Å². The lowest BCUT2D eigenvalue weighted by Gasteiger charge is -2.40. The third kappa shape index (κ3) is 7.54. The van der Waals surface area contributed by atoms with Crippen molar-refractivity contribution in [2.75, 3.05) is 45.8 Å². The Balaban J connectivity index is 1.24. The Hall–Kier alpha value is -3.48. The van der Waals surface area contributed by atoms with Crippen LogP contribution in [-0.4, -0.2) is 83.6 Å². The number of aliphatic imine (C=N–C) groups is 1. The van der Waals surface area contributed by atoms with Gasteiger partial charge in [-0.2, -0.15) is 5.26 Å². The summed E-state index contributed by atoms with van der Waals surface area (Å²) < 4.78 is 14.3. The van der Waals surface area contributed by atoms with Crippen LogP contribution in [0.15, 0.2) is 59.6 Å². The number of piperidine rings is 1. The van der Waals surface area contributed by atoms with Gasteiger partial charge in [0.15, 0.2) is 6.19 Å². The van der Waals surface area contributed by atoms with Gasteiger partial charge in [0.1, 0.15) is 5.82 Å². The molecule has 5 rings (SSSR count). The van der Waals surface area contributed by atoms with E-state index in [-0.39, 0.29) is 17.8 Å². The Morgan fingerprint density at radius 1 is 1.12 bits per heavy atom. The highest BCUT2D eigenvalue weighted by Gasteiger charge is 2.45. The largest absolute Gasteiger partial charge is 0.481 e. The lowest BCUT2D eigenvalue weighted by Crippen LogP contribution is -2.51. The molecule has 0 radical (unpaired) electrons. The first-order chi connectivity index (χ1) is 20.9. The lowest BCUT2D eigenvalue weighted by molar-refractivity contribution is -0.149. The maximum absolute atomic E-state index is 14.3. The number of hydrogen-bond acceptors (Lipinski definition) is 5. The molecule has 0 unspecified atom stereocenters. The van der Waals surface area contributed by atoms with Crippen LogP contribution >= 0.6 is 0 Å². The van der Waals surface area contributed by atoms with Crippen LogP contribution in [0.25, 0.3) is 0 Å². The number of nitrogens with one attached hydrogen (secondary N) is 1. The van der Waals surface area contributed by atoms with Crippen molar-refractivity contribution in [3.8, 4) is 6.19 Å². The van der Waals surface area contributed by atoms with Crippen LogP contribution in [-0.2, 0) is 11.3 Å². The van der Waals surface area contributed by atoms with Crippen LogP contribution in [0.4, 0.5) is 4.39 Å². The number of carboxylic acids is 1. The summed E-state index contributed by atoms with van der Waals surface area (Å²) in [5.41, 5.74) is 1.46. The monoisotopic (exact) mass is 588 g/mol. The first-order valence-corrected chi connectivity index (χ1v) is 15.8. The normalized spacial score (nSPS) is 23.2. The number of likely N-dealkylation sites (tertiary alicyclic amines) is 2. The summed E-state index contributed by atoms with van der Waals surface area (Å²) in [4.78, 5) is 24.2. The van der Waals surface area contributed by atoms with E-state index >= 15 is 0 Å². The summed E-state index contributed by atoms with van der Waals surface area (Å²) in [5, 5.41) is 22.4. The predicted molar refractivity (Wildman–Crippen MR) is 166 cm³/mol. The maximum Gasteiger partial charge on any atom is 0.310 e. The second-order valence-electron chi connectivity index (χ2n) is 12.6. The fourth-order valence-electron chi connectivity index (χ4n) is 7.64. The number of guanidine groups is 1. The molecule has 43 heavy (non-hydrogen) atoms. The predicted octanol–water partition coefficient (Wildman–Crippen LogP) is 4.90. The molecule has 2 aliphatic heterocycles. The fourth-order valence-corrected chi connectivity index (χ4v) is 7.64. The molecular formula is C34H45FN6O2. The molecule has 3 fully saturated rings. The topological polar surface area (TPSA) is 95.2 Å². The van der Waals surface area contributed by atoms with Crippen molar-refractivity contribution < 1.29 is 14.3 Å². The van der Waals surface area contributed by atoms with Crippen molar-refractivity contribution in [1.29, 1.82) is 5.26 Å². The van der Waals surface area contributed by atoms with Gasteiger partial charge in [-0.1, -0.05) is 55.3 Å². The van der Waals surface area contributed by atoms with E-state index in [0.717, 1.165) is 88.9 Å². The second kappa shape index (κ2) is 14.3. The summed E-state index contributed by atoms with van der Waals surface area (Å²) in [7, 11) is 0. The van der Waals surface area contributed by atoms with Crippen molar-refractivity contribution >= 4 is 11.9 Å². The number of carbonyl (C=O) groups is 1. The van der Waals surface area contributed by atoms with Crippen LogP contribution in [0.3, 0.4) is 0 Å². The van der Waals surface area contributed by atoms with Gasteiger partial charge in [-0.25, -0.2) is 9.38 Å². The fraction of sp³-hybridized carbons (Fsp3) is 0.559. The summed E-state index contributed by atoms with van der Waals surface area (Å²) in [5.74, 6) is 0.212. The Kier molecular flexibility index (Phi) is 10.3. The molecular weight excluding hydrogens is 543 g/mol. The zero-order valence-electron chi connectivity index (χ0n) is 25.3. The smallest absolute Gasteiger partial charge is 0.310 e. The zero-order chi connectivity index (χ0) is 30.2. The van der Waals surface area contributed by atoms with E-state index in [4.69, 9.17) is 4.99 Å². The van der Waals surface area contributed by atoms with E-state index in [1.54, 1.807) is 12.1 Å². The minimum absolute atomic E-state index is 0.171. The molecule has 2 aromatic rings. The highest BCUT2D eigenvalue weighted by atomic mass is 19.1. The van der Waals surface area contributed by atoms with Gasteiger partial charge in [-0.05, 0) is 61.8 Å². The van der Waals surface area contributed by atoms with Crippen LogP contribution in [0.2, 0.25) is 0 Å². The molecule has 1 aliphatic carbocycles. The number of nitrogens with zero attached hydrogens (tertiary/aromatic N) is 5. The second-order valence-corrected chi connectivity index (χ2v) is 12.6. The average Bonchev–Trinajstić information content (AvgIpc) is 3.65. The molecule has 3 aliphatic rings. The van der Waals surface area contributed by atoms with E-state index in [2.05, 4.69) is 33.1 Å². The molecule has 2 N–H and O–H groups in total. The molecule has 9 heteroatoms. The van der Waals surface area contributed by atoms with Crippen LogP contribution < -0.4 is 5.32 Å². The average molecular weight is 589 g/mol. The maximum atomic E-state index is 14.3. The van der Waals surface area contributed by atoms with Crippen molar-refractivity contribution in [3.05, 3.63) is 71.5 Å². The number of carboxylic acid groups (broad SMARTS) is 1. The number of rotatable bonds is 10. The standard InChI is InChI=1S/C34H45FN6O2/c1-2-41(33(38-25-36)37-20-26-9-4-3-5-10-26)30-13-17-39(18-14-30)21-28-22-40(24-34(32(42)43)15-6-7-16-34)23-31(28)27-11-8-12-29(35)19-27/h3-5,8-12,19,28,30-31H,2,6-7,13-18,20-24H2,1H3,(H,37,38)(H,42,43)/t28-,31+/m0/s1. The molecule has 2 atom stereocenters. The summed E-state index contributed by atoms with van der Waals surface area (Å²) in [6.07, 6.45) is 7.45. The van der Waals surface area contributed by atoms with E-state index in [0.29, 0.717) is 25.0 Å². The molecule has 1 saturated carbocycles. The van der Waals surface area contributed by atoms with E-state index < -0.39 is 11.4 Å². The molecule has 230 valence electrons. The highest BCUT2D eigenvalue weighted by molar-refractivity contribution is 5.81. The summed E-state index contributed by atoms with van der Waals surface area (Å²) in [6.45, 7) is 8.34. The van der Waals surface area contributed by atoms with Crippen LogP contribution in [0, 0.1) is 28.6 Å². The van der Waals surface area contributed by atoms with Crippen molar-refractivity contribution in [2.24, 2.45) is 16.3 Å². The first-order valence-electron chi connectivity index (χ1n) is 15.8. The molecule has 0 spiro atoms. The molecule has 2 heterocycles. The minimum atomic E-state index is -0.670. The molecule has 0 bridgehead atoms. The van der Waals surface area contributed by atoms with Crippen LogP contribution in [0.1, 0.15) is 62.5 Å². The molecule has 2 saturated heterocycles. The number of benzene rings is 2. The van der Waals surface area contributed by atoms with E-state index in [9.17, 15) is 19.6 Å². The van der Waals surface area contributed by atoms with Gasteiger partial charge in [-0.15, -0.1) is 0 Å². The number of aliphatic carboxylic acids is 1.